The van der Waals surface area contributed by atoms with Gasteiger partial charge in [-0.3, -0.25) is 4.90 Å². The summed E-state index contributed by atoms with van der Waals surface area (Å²) in [7, 11) is 1.72. The first-order chi connectivity index (χ1) is 17.2. The third-order valence-corrected chi connectivity index (χ3v) is 7.56. The minimum atomic E-state index is 0.213. The van der Waals surface area contributed by atoms with Crippen LogP contribution in [0, 0.1) is 0 Å². The Balaban J connectivity index is 0.000000917. The summed E-state index contributed by atoms with van der Waals surface area (Å²) in [5.74, 6) is 0. The largest absolute Gasteiger partial charge is 0.396 e. The number of halogens is 1. The van der Waals surface area contributed by atoms with Crippen LogP contribution in [0.1, 0.15) is 18.9 Å². The highest BCUT2D eigenvalue weighted by atomic mass is 127. The molecule has 0 bridgehead atoms. The Bertz CT molecular complexity index is 1240. The molecule has 2 N–H and O–H groups in total. The van der Waals surface area contributed by atoms with E-state index in [1.54, 1.807) is 8.93 Å². The van der Waals surface area contributed by atoms with Gasteiger partial charge in [0.1, 0.15) is 0 Å². The van der Waals surface area contributed by atoms with Gasteiger partial charge in [0.15, 0.2) is 11.1 Å². The Kier molecular flexibility index (Phi) is 9.80. The summed E-state index contributed by atoms with van der Waals surface area (Å²) < 4.78 is 0. The average Bonchev–Trinajstić information content (AvgIpc) is 3.26. The van der Waals surface area contributed by atoms with Crippen molar-refractivity contribution in [2.45, 2.75) is 23.6 Å². The molecule has 0 aromatic heterocycles. The van der Waals surface area contributed by atoms with Crippen LogP contribution >= 0.6 is 41.9 Å². The van der Waals surface area contributed by atoms with Gasteiger partial charge in [0, 0.05) is 36.0 Å². The molecule has 6 heteroatoms. The molecule has 0 fully saturated rings. The molecule has 2 atom stereocenters. The van der Waals surface area contributed by atoms with Crippen LogP contribution in [-0.2, 0) is 0 Å². The summed E-state index contributed by atoms with van der Waals surface area (Å²) in [5.41, 5.74) is 5.12. The Labute approximate surface area is 229 Å². The Morgan fingerprint density at radius 2 is 1.89 bits per heavy atom. The van der Waals surface area contributed by atoms with E-state index in [-0.39, 0.29) is 6.61 Å². The number of para-hydroxylation sites is 1. The first-order valence-electron chi connectivity index (χ1n) is 11.9. The summed E-state index contributed by atoms with van der Waals surface area (Å²) in [6, 6.07) is 21.8. The van der Waals surface area contributed by atoms with Crippen molar-refractivity contribution in [1.29, 1.82) is 0 Å². The molecule has 182 valence electrons. The number of hydrogen-bond donors (Lipinski definition) is 2. The molecule has 2 heterocycles. The highest BCUT2D eigenvalue weighted by molar-refractivity contribution is 14.2. The SMILES string of the molecule is CC[NH+]1c2c(ccc3ccccc23)SC1/C=C/C=C1\C=CN(CCCO)c2ccccc21.CSI. The first kappa shape index (κ1) is 26.4. The van der Waals surface area contributed by atoms with Gasteiger partial charge in [-0.15, -0.1) is 0 Å². The lowest BCUT2D eigenvalue weighted by molar-refractivity contribution is -0.831. The standard InChI is InChI=1S/C28H28N2OS.CH3IS/c1-2-30-27(32-26-16-15-21-9-3-4-12-24(21)28(26)30)14-7-10-22-17-19-29(18-8-20-31)25-13-6-5-11-23(22)25;1-3-2/h3-7,9-17,19,27,31H,2,8,18,20H2,1H3;1H3/p+1/b14-7+,22-10+;. The molecule has 0 amide bonds. The number of nitrogens with zero attached hydrogens (tertiary/aromatic N) is 1. The van der Waals surface area contributed by atoms with Crippen LogP contribution in [0.15, 0.2) is 96.1 Å². The number of thioether (sulfide) groups is 1. The second-order valence-electron chi connectivity index (χ2n) is 8.34. The van der Waals surface area contributed by atoms with E-state index < -0.39 is 0 Å². The third kappa shape index (κ3) is 6.00. The van der Waals surface area contributed by atoms with E-state index in [2.05, 4.69) is 124 Å². The van der Waals surface area contributed by atoms with Gasteiger partial charge in [-0.25, -0.2) is 0 Å². The smallest absolute Gasteiger partial charge is 0.163 e. The van der Waals surface area contributed by atoms with Crippen LogP contribution in [0.5, 0.6) is 0 Å². The van der Waals surface area contributed by atoms with Gasteiger partial charge in [0.2, 0.25) is 0 Å². The molecule has 3 aromatic carbocycles. The second-order valence-corrected chi connectivity index (χ2v) is 12.5. The monoisotopic (exact) mass is 615 g/mol. The van der Waals surface area contributed by atoms with Gasteiger partial charge in [0.05, 0.1) is 11.4 Å². The van der Waals surface area contributed by atoms with E-state index in [0.29, 0.717) is 5.37 Å². The number of hydrogen-bond acceptors (Lipinski definition) is 4. The van der Waals surface area contributed by atoms with Crippen LogP contribution in [0.2, 0.25) is 0 Å². The number of rotatable bonds is 6. The summed E-state index contributed by atoms with van der Waals surface area (Å²) in [6.45, 7) is 4.37. The van der Waals surface area contributed by atoms with Crippen molar-refractivity contribution >= 4 is 69.6 Å². The summed E-state index contributed by atoms with van der Waals surface area (Å²) in [4.78, 5) is 5.14. The second kappa shape index (κ2) is 13.0. The molecule has 5 rings (SSSR count). The zero-order valence-electron chi connectivity index (χ0n) is 20.2. The van der Waals surface area contributed by atoms with Gasteiger partial charge < -0.3 is 10.0 Å². The van der Waals surface area contributed by atoms with Crippen molar-refractivity contribution in [1.82, 2.24) is 0 Å². The molecule has 2 unspecified atom stereocenters. The number of anilines is 1. The molecule has 3 nitrogen and oxygen atoms in total. The van der Waals surface area contributed by atoms with Gasteiger partial charge in [-0.1, -0.05) is 75.3 Å². The molecule has 0 spiro atoms. The van der Waals surface area contributed by atoms with Gasteiger partial charge >= 0.3 is 0 Å². The molecular weight excluding hydrogens is 583 g/mol. The van der Waals surface area contributed by atoms with Gasteiger partial charge in [0.25, 0.3) is 0 Å². The van der Waals surface area contributed by atoms with Crippen molar-refractivity contribution in [3.63, 3.8) is 0 Å². The van der Waals surface area contributed by atoms with Gasteiger partial charge in [-0.2, -0.15) is 0 Å². The minimum Gasteiger partial charge on any atom is -0.396 e. The molecule has 0 radical (unpaired) electrons. The molecule has 35 heavy (non-hydrogen) atoms. The van der Waals surface area contributed by atoms with E-state index in [1.165, 1.54) is 43.1 Å². The molecule has 0 aliphatic carbocycles. The number of fused-ring (bicyclic) bond motifs is 4. The Hall–Kier alpha value is -1.71. The van der Waals surface area contributed by atoms with Crippen LogP contribution in [0.4, 0.5) is 11.4 Å². The van der Waals surface area contributed by atoms with Crippen LogP contribution < -0.4 is 9.80 Å². The number of nitrogens with one attached hydrogen (secondary N) is 1. The first-order valence-corrected chi connectivity index (χ1v) is 16.6. The number of allylic oxidation sites excluding steroid dienone is 4. The minimum absolute atomic E-state index is 0.213. The number of benzene rings is 3. The Morgan fingerprint density at radius 3 is 2.69 bits per heavy atom. The summed E-state index contributed by atoms with van der Waals surface area (Å²) in [5, 5.41) is 12.3. The van der Waals surface area contributed by atoms with E-state index in [4.69, 9.17) is 0 Å². The number of likely N-dealkylation sites (N-methyl/N-ethyl adjacent to an activating group) is 1. The predicted molar refractivity (Wildman–Crippen MR) is 164 cm³/mol. The van der Waals surface area contributed by atoms with E-state index >= 15 is 0 Å². The molecule has 0 saturated heterocycles. The number of aliphatic hydroxyl groups is 1. The van der Waals surface area contributed by atoms with E-state index in [1.807, 2.05) is 18.0 Å². The molecule has 0 saturated carbocycles. The van der Waals surface area contributed by atoms with Crippen molar-refractivity contribution in [3.05, 3.63) is 96.7 Å². The third-order valence-electron chi connectivity index (χ3n) is 6.27. The quantitative estimate of drug-likeness (QED) is 0.297. The maximum atomic E-state index is 9.21. The van der Waals surface area contributed by atoms with Crippen molar-refractivity contribution in [3.8, 4) is 0 Å². The topological polar surface area (TPSA) is 27.9 Å². The van der Waals surface area contributed by atoms with E-state index in [9.17, 15) is 5.11 Å². The predicted octanol–water partition coefficient (Wildman–Crippen LogP) is 6.86. The highest BCUT2D eigenvalue weighted by Gasteiger charge is 2.34. The van der Waals surface area contributed by atoms with Crippen molar-refractivity contribution in [2.24, 2.45) is 0 Å². The molecular formula is C29H32IN2OS2+. The lowest BCUT2D eigenvalue weighted by atomic mass is 9.99. The fourth-order valence-electron chi connectivity index (χ4n) is 4.71. The maximum Gasteiger partial charge on any atom is 0.163 e. The lowest BCUT2D eigenvalue weighted by Gasteiger charge is -2.27. The van der Waals surface area contributed by atoms with Crippen LogP contribution in [0.25, 0.3) is 16.3 Å². The number of quaternary nitrogens is 1. The Morgan fingerprint density at radius 1 is 1.11 bits per heavy atom. The fraction of sp³-hybridized carbons (Fsp3) is 0.241. The summed E-state index contributed by atoms with van der Waals surface area (Å²) >= 11 is 4.17. The van der Waals surface area contributed by atoms with Crippen molar-refractivity contribution in [2.75, 3.05) is 30.9 Å². The molecule has 3 aromatic rings. The zero-order chi connectivity index (χ0) is 24.6. The highest BCUT2D eigenvalue weighted by Crippen LogP contribution is 2.39. The van der Waals surface area contributed by atoms with Crippen LogP contribution in [0.3, 0.4) is 0 Å². The summed E-state index contributed by atoms with van der Waals surface area (Å²) in [6.07, 6.45) is 13.9. The van der Waals surface area contributed by atoms with Gasteiger partial charge in [-0.05, 0) is 82.1 Å². The molecule has 2 aliphatic rings. The maximum absolute atomic E-state index is 9.21. The fourth-order valence-corrected chi connectivity index (χ4v) is 6.09. The average molecular weight is 616 g/mol. The van der Waals surface area contributed by atoms with E-state index in [0.717, 1.165) is 19.5 Å². The van der Waals surface area contributed by atoms with Crippen LogP contribution in [-0.4, -0.2) is 36.4 Å². The normalized spacial score (nSPS) is 19.7. The zero-order valence-corrected chi connectivity index (χ0v) is 23.9. The lowest BCUT2D eigenvalue weighted by Crippen LogP contribution is -3.08. The number of aliphatic hydroxyl groups excluding tert-OH is 1. The van der Waals surface area contributed by atoms with Crippen molar-refractivity contribution < 1.29 is 10.0 Å². The molecule has 2 aliphatic heterocycles.